The van der Waals surface area contributed by atoms with E-state index in [2.05, 4.69) is 21.3 Å². The molecule has 0 heterocycles. The smallest absolute Gasteiger partial charge is 0.315 e. The van der Waals surface area contributed by atoms with Crippen molar-refractivity contribution >= 4 is 35.2 Å². The number of para-hydroxylation sites is 1. The Labute approximate surface area is 222 Å². The van der Waals surface area contributed by atoms with Crippen LogP contribution in [0.5, 0.6) is 5.75 Å². The molecule has 0 aromatic heterocycles. The SMILES string of the molecule is CCC(NC(=O)C(CC(C)C)NC(=O)NCc1ccccc1)C(=O)C(=O)NCc1cccc(Cl)c1OC. The van der Waals surface area contributed by atoms with Gasteiger partial charge in [0.2, 0.25) is 11.7 Å². The third-order valence-corrected chi connectivity index (χ3v) is 5.88. The lowest BCUT2D eigenvalue weighted by atomic mass is 10.0. The summed E-state index contributed by atoms with van der Waals surface area (Å²) in [5.41, 5.74) is 1.52. The van der Waals surface area contributed by atoms with Crippen molar-refractivity contribution in [3.8, 4) is 5.75 Å². The van der Waals surface area contributed by atoms with Gasteiger partial charge in [-0.3, -0.25) is 14.4 Å². The van der Waals surface area contributed by atoms with Crippen LogP contribution in [0, 0.1) is 5.92 Å². The number of carbonyl (C=O) groups excluding carboxylic acids is 4. The maximum Gasteiger partial charge on any atom is 0.315 e. The Hall–Kier alpha value is -3.59. The Morgan fingerprint density at radius 1 is 0.892 bits per heavy atom. The summed E-state index contributed by atoms with van der Waals surface area (Å²) in [4.78, 5) is 50.8. The number of hydrogen-bond acceptors (Lipinski definition) is 5. The van der Waals surface area contributed by atoms with Crippen LogP contribution in [0.4, 0.5) is 4.79 Å². The zero-order valence-corrected chi connectivity index (χ0v) is 22.4. The van der Waals surface area contributed by atoms with Crippen LogP contribution in [-0.4, -0.2) is 42.8 Å². The summed E-state index contributed by atoms with van der Waals surface area (Å²) < 4.78 is 5.26. The van der Waals surface area contributed by atoms with Gasteiger partial charge in [0.1, 0.15) is 11.8 Å². The van der Waals surface area contributed by atoms with Gasteiger partial charge in [-0.25, -0.2) is 4.79 Å². The molecule has 2 aromatic carbocycles. The van der Waals surface area contributed by atoms with Crippen LogP contribution in [0.15, 0.2) is 48.5 Å². The lowest BCUT2D eigenvalue weighted by Gasteiger charge is -2.23. The largest absolute Gasteiger partial charge is 0.495 e. The molecule has 2 rings (SSSR count). The maximum atomic E-state index is 13.0. The Bertz CT molecular complexity index is 1080. The average molecular weight is 531 g/mol. The van der Waals surface area contributed by atoms with E-state index < -0.39 is 35.7 Å². The molecule has 4 N–H and O–H groups in total. The Morgan fingerprint density at radius 3 is 2.22 bits per heavy atom. The Morgan fingerprint density at radius 2 is 1.59 bits per heavy atom. The van der Waals surface area contributed by atoms with E-state index in [-0.39, 0.29) is 18.9 Å². The highest BCUT2D eigenvalue weighted by Crippen LogP contribution is 2.28. The zero-order valence-electron chi connectivity index (χ0n) is 21.6. The number of urea groups is 1. The van der Waals surface area contributed by atoms with E-state index in [4.69, 9.17) is 16.3 Å². The Balaban J connectivity index is 1.98. The van der Waals surface area contributed by atoms with E-state index >= 15 is 0 Å². The normalized spacial score (nSPS) is 12.3. The fourth-order valence-electron chi connectivity index (χ4n) is 3.66. The molecule has 9 nitrogen and oxygen atoms in total. The molecule has 37 heavy (non-hydrogen) atoms. The fraction of sp³-hybridized carbons (Fsp3) is 0.407. The van der Waals surface area contributed by atoms with Gasteiger partial charge in [0.15, 0.2) is 0 Å². The van der Waals surface area contributed by atoms with Crippen molar-refractivity contribution in [1.29, 1.82) is 0 Å². The quantitative estimate of drug-likeness (QED) is 0.295. The number of ether oxygens (including phenoxy) is 1. The molecule has 2 atom stereocenters. The molecule has 200 valence electrons. The summed E-state index contributed by atoms with van der Waals surface area (Å²) in [5.74, 6) is -1.66. The number of carbonyl (C=O) groups is 4. The van der Waals surface area contributed by atoms with Crippen molar-refractivity contribution in [2.24, 2.45) is 5.92 Å². The van der Waals surface area contributed by atoms with Crippen molar-refractivity contribution < 1.29 is 23.9 Å². The molecule has 2 aromatic rings. The van der Waals surface area contributed by atoms with Gasteiger partial charge in [-0.2, -0.15) is 0 Å². The standard InChI is InChI=1S/C27H35ClN4O5/c1-5-21(23(33)26(35)29-16-19-12-9-13-20(28)24(19)37-4)31-25(34)22(14-17(2)3)32-27(36)30-15-18-10-7-6-8-11-18/h6-13,17,21-22H,5,14-16H2,1-4H3,(H,29,35)(H,31,34)(H2,30,32,36). The van der Waals surface area contributed by atoms with Crippen LogP contribution in [0.1, 0.15) is 44.7 Å². The molecule has 0 saturated heterocycles. The third kappa shape index (κ3) is 9.42. The summed E-state index contributed by atoms with van der Waals surface area (Å²) >= 11 is 6.10. The van der Waals surface area contributed by atoms with Crippen LogP contribution >= 0.6 is 11.6 Å². The molecular weight excluding hydrogens is 496 g/mol. The van der Waals surface area contributed by atoms with Crippen molar-refractivity contribution in [2.45, 2.75) is 58.8 Å². The molecule has 0 saturated carbocycles. The average Bonchev–Trinajstić information content (AvgIpc) is 2.88. The van der Waals surface area contributed by atoms with Gasteiger partial charge in [0.25, 0.3) is 5.91 Å². The van der Waals surface area contributed by atoms with Gasteiger partial charge in [-0.05, 0) is 30.4 Å². The Kier molecular flexibility index (Phi) is 11.9. The number of benzene rings is 2. The van der Waals surface area contributed by atoms with Crippen LogP contribution in [0.2, 0.25) is 5.02 Å². The van der Waals surface area contributed by atoms with Crippen LogP contribution in [-0.2, 0) is 27.5 Å². The molecule has 2 unspecified atom stereocenters. The number of amides is 4. The molecule has 0 radical (unpaired) electrons. The van der Waals surface area contributed by atoms with E-state index in [1.165, 1.54) is 7.11 Å². The second-order valence-electron chi connectivity index (χ2n) is 8.94. The van der Waals surface area contributed by atoms with E-state index in [1.54, 1.807) is 25.1 Å². The van der Waals surface area contributed by atoms with Gasteiger partial charge in [-0.1, -0.05) is 74.8 Å². The number of Topliss-reactive ketones (excluding diaryl/α,β-unsaturated/α-hetero) is 1. The summed E-state index contributed by atoms with van der Waals surface area (Å²) in [5, 5.41) is 11.0. The second kappa shape index (κ2) is 14.8. The van der Waals surface area contributed by atoms with Crippen molar-refractivity contribution in [1.82, 2.24) is 21.3 Å². The molecule has 10 heteroatoms. The van der Waals surface area contributed by atoms with Gasteiger partial charge >= 0.3 is 6.03 Å². The van der Waals surface area contributed by atoms with Crippen molar-refractivity contribution in [3.63, 3.8) is 0 Å². The third-order valence-electron chi connectivity index (χ3n) is 5.58. The first-order chi connectivity index (χ1) is 17.7. The van der Waals surface area contributed by atoms with Crippen LogP contribution < -0.4 is 26.0 Å². The molecule has 0 aliphatic heterocycles. The minimum Gasteiger partial charge on any atom is -0.495 e. The van der Waals surface area contributed by atoms with Gasteiger partial charge in [0, 0.05) is 18.7 Å². The lowest BCUT2D eigenvalue weighted by molar-refractivity contribution is -0.140. The van der Waals surface area contributed by atoms with E-state index in [9.17, 15) is 19.2 Å². The highest BCUT2D eigenvalue weighted by atomic mass is 35.5. The topological polar surface area (TPSA) is 126 Å². The van der Waals surface area contributed by atoms with Crippen LogP contribution in [0.3, 0.4) is 0 Å². The number of hydrogen-bond donors (Lipinski definition) is 4. The molecule has 0 fully saturated rings. The zero-order chi connectivity index (χ0) is 27.4. The van der Waals surface area contributed by atoms with Gasteiger partial charge in [-0.15, -0.1) is 0 Å². The van der Waals surface area contributed by atoms with Crippen LogP contribution in [0.25, 0.3) is 0 Å². The highest BCUT2D eigenvalue weighted by molar-refractivity contribution is 6.38. The minimum absolute atomic E-state index is 0.0256. The predicted octanol–water partition coefficient (Wildman–Crippen LogP) is 3.34. The summed E-state index contributed by atoms with van der Waals surface area (Å²) in [6.45, 7) is 5.86. The minimum atomic E-state index is -1.04. The first-order valence-electron chi connectivity index (χ1n) is 12.2. The summed E-state index contributed by atoms with van der Waals surface area (Å²) in [7, 11) is 1.46. The number of halogens is 1. The number of ketones is 1. The predicted molar refractivity (Wildman–Crippen MR) is 142 cm³/mol. The number of nitrogens with one attached hydrogen (secondary N) is 4. The van der Waals surface area contributed by atoms with Gasteiger partial charge < -0.3 is 26.0 Å². The highest BCUT2D eigenvalue weighted by Gasteiger charge is 2.29. The summed E-state index contributed by atoms with van der Waals surface area (Å²) in [6.07, 6.45) is 0.559. The first kappa shape index (κ1) is 29.6. The first-order valence-corrected chi connectivity index (χ1v) is 12.6. The number of methoxy groups -OCH3 is 1. The number of rotatable bonds is 13. The van der Waals surface area contributed by atoms with E-state index in [1.807, 2.05) is 44.2 Å². The maximum absolute atomic E-state index is 13.0. The van der Waals surface area contributed by atoms with E-state index in [0.29, 0.717) is 29.3 Å². The molecule has 0 bridgehead atoms. The second-order valence-corrected chi connectivity index (χ2v) is 9.35. The molecule has 0 spiro atoms. The molecule has 4 amide bonds. The molecule has 0 aliphatic carbocycles. The molecular formula is C27H35ClN4O5. The summed E-state index contributed by atoms with van der Waals surface area (Å²) in [6, 6.07) is 12.0. The molecule has 0 aliphatic rings. The van der Waals surface area contributed by atoms with Gasteiger partial charge in [0.05, 0.1) is 18.2 Å². The fourth-order valence-corrected chi connectivity index (χ4v) is 3.93. The van der Waals surface area contributed by atoms with Crippen molar-refractivity contribution in [2.75, 3.05) is 7.11 Å². The van der Waals surface area contributed by atoms with E-state index in [0.717, 1.165) is 5.56 Å². The monoisotopic (exact) mass is 530 g/mol. The van der Waals surface area contributed by atoms with Crippen molar-refractivity contribution in [3.05, 3.63) is 64.7 Å². The lowest BCUT2D eigenvalue weighted by Crippen LogP contribution is -2.55.